The molecule has 0 rings (SSSR count). The quantitative estimate of drug-likeness (QED) is 0.543. The summed E-state index contributed by atoms with van der Waals surface area (Å²) in [6.45, 7) is 24.6. The molecule has 0 bridgehead atoms. The van der Waals surface area contributed by atoms with Crippen LogP contribution in [0.25, 0.3) is 0 Å². The van der Waals surface area contributed by atoms with Gasteiger partial charge in [0.1, 0.15) is 0 Å². The summed E-state index contributed by atoms with van der Waals surface area (Å²) in [4.78, 5) is 0. The molecule has 0 fully saturated rings. The van der Waals surface area contributed by atoms with Gasteiger partial charge in [-0.3, -0.25) is 5.57 Å². The standard InChI is InChI=1S/C11H23OSi.C2H5.Zn/c1-10(2)8-9-12-13(6,7)11(3,4)5;1-2;/h1H,8-9H2,2-7H3;1H2,2H3;/q2*-1;+2. The summed E-state index contributed by atoms with van der Waals surface area (Å²) in [5.74, 6) is 0. The predicted octanol–water partition coefficient (Wildman–Crippen LogP) is 4.62. The van der Waals surface area contributed by atoms with Gasteiger partial charge in [0.15, 0.2) is 8.32 Å². The molecule has 0 aliphatic heterocycles. The minimum absolute atomic E-state index is 0. The van der Waals surface area contributed by atoms with E-state index in [-0.39, 0.29) is 19.5 Å². The Morgan fingerprint density at radius 1 is 1.25 bits per heavy atom. The number of hydrogen-bond donors (Lipinski definition) is 0. The molecule has 0 aliphatic rings. The summed E-state index contributed by atoms with van der Waals surface area (Å²) in [7, 11) is -1.54. The van der Waals surface area contributed by atoms with E-state index in [0.717, 1.165) is 18.6 Å². The van der Waals surface area contributed by atoms with Crippen molar-refractivity contribution >= 4 is 8.32 Å². The van der Waals surface area contributed by atoms with E-state index in [4.69, 9.17) is 11.0 Å². The first-order valence-corrected chi connectivity index (χ1v) is 8.50. The maximum atomic E-state index is 5.94. The summed E-state index contributed by atoms with van der Waals surface area (Å²) >= 11 is 0. The fourth-order valence-electron chi connectivity index (χ4n) is 0.684. The van der Waals surface area contributed by atoms with E-state index >= 15 is 0 Å². The molecular formula is C13H28OSiZn. The van der Waals surface area contributed by atoms with Gasteiger partial charge >= 0.3 is 19.5 Å². The summed E-state index contributed by atoms with van der Waals surface area (Å²) in [6.07, 6.45) is 0.881. The van der Waals surface area contributed by atoms with Gasteiger partial charge in [0, 0.05) is 6.61 Å². The molecule has 16 heavy (non-hydrogen) atoms. The SMILES string of the molecule is [CH-]=C(C)CCO[Si](C)(C)C(C)(C)C.[CH2-]C.[Zn+2]. The average molecular weight is 294 g/mol. The van der Waals surface area contributed by atoms with Crippen LogP contribution in [0.15, 0.2) is 5.57 Å². The van der Waals surface area contributed by atoms with Crippen LogP contribution in [0.5, 0.6) is 0 Å². The van der Waals surface area contributed by atoms with Crippen LogP contribution in [0.3, 0.4) is 0 Å². The van der Waals surface area contributed by atoms with Crippen LogP contribution in [0.1, 0.15) is 41.0 Å². The number of rotatable bonds is 4. The van der Waals surface area contributed by atoms with Crippen molar-refractivity contribution in [3.8, 4) is 0 Å². The van der Waals surface area contributed by atoms with Gasteiger partial charge in [-0.1, -0.05) is 27.7 Å². The van der Waals surface area contributed by atoms with Crippen LogP contribution in [0.2, 0.25) is 18.1 Å². The molecule has 3 heteroatoms. The zero-order chi connectivity index (χ0) is 12.7. The van der Waals surface area contributed by atoms with Crippen LogP contribution in [0.4, 0.5) is 0 Å². The van der Waals surface area contributed by atoms with Gasteiger partial charge in [-0.2, -0.15) is 6.92 Å². The van der Waals surface area contributed by atoms with Gasteiger partial charge < -0.3 is 17.9 Å². The third-order valence-electron chi connectivity index (χ3n) is 2.77. The maximum absolute atomic E-state index is 5.94. The van der Waals surface area contributed by atoms with Gasteiger partial charge in [-0.15, -0.1) is 0 Å². The van der Waals surface area contributed by atoms with E-state index in [0.29, 0.717) is 5.04 Å². The molecule has 0 saturated carbocycles. The Morgan fingerprint density at radius 3 is 1.88 bits per heavy atom. The van der Waals surface area contributed by atoms with Crippen molar-refractivity contribution < 1.29 is 23.9 Å². The second-order valence-corrected chi connectivity index (χ2v) is 10.0. The minimum Gasteiger partial charge on any atom is -0.515 e. The monoisotopic (exact) mass is 292 g/mol. The van der Waals surface area contributed by atoms with E-state index in [1.807, 2.05) is 6.92 Å². The van der Waals surface area contributed by atoms with Gasteiger partial charge in [-0.25, -0.2) is 0 Å². The minimum atomic E-state index is -1.54. The summed E-state index contributed by atoms with van der Waals surface area (Å²) in [5.41, 5.74) is 0.957. The van der Waals surface area contributed by atoms with Crippen LogP contribution < -0.4 is 0 Å². The molecule has 0 aliphatic carbocycles. The Kier molecular flexibility index (Phi) is 13.0. The second kappa shape index (κ2) is 9.56. The average Bonchev–Trinajstić information content (AvgIpc) is 2.04. The van der Waals surface area contributed by atoms with Crippen molar-refractivity contribution in [1.29, 1.82) is 0 Å². The molecule has 0 aromatic rings. The van der Waals surface area contributed by atoms with Crippen molar-refractivity contribution in [1.82, 2.24) is 0 Å². The van der Waals surface area contributed by atoms with E-state index in [1.54, 1.807) is 6.92 Å². The Balaban J connectivity index is -0.000000529. The van der Waals surface area contributed by atoms with Crippen molar-refractivity contribution in [2.24, 2.45) is 0 Å². The van der Waals surface area contributed by atoms with Gasteiger partial charge in [0.05, 0.1) is 0 Å². The molecule has 0 amide bonds. The first-order valence-electron chi connectivity index (χ1n) is 5.59. The Morgan fingerprint density at radius 2 is 1.62 bits per heavy atom. The molecule has 0 atom stereocenters. The molecule has 92 valence electrons. The zero-order valence-corrected chi connectivity index (χ0v) is 16.3. The molecule has 0 heterocycles. The molecule has 0 aromatic heterocycles. The van der Waals surface area contributed by atoms with Crippen LogP contribution in [-0.4, -0.2) is 14.9 Å². The molecule has 0 radical (unpaired) electrons. The van der Waals surface area contributed by atoms with Gasteiger partial charge in [0.2, 0.25) is 0 Å². The fourth-order valence-corrected chi connectivity index (χ4v) is 1.73. The van der Waals surface area contributed by atoms with E-state index < -0.39 is 8.32 Å². The molecule has 0 unspecified atom stereocenters. The molecule has 0 N–H and O–H groups in total. The van der Waals surface area contributed by atoms with Crippen LogP contribution in [-0.2, 0) is 23.9 Å². The van der Waals surface area contributed by atoms with E-state index in [2.05, 4.69) is 40.8 Å². The first kappa shape index (κ1) is 21.8. The predicted molar refractivity (Wildman–Crippen MR) is 72.3 cm³/mol. The van der Waals surface area contributed by atoms with Crippen molar-refractivity contribution in [2.75, 3.05) is 6.61 Å². The van der Waals surface area contributed by atoms with Crippen LogP contribution in [0, 0.1) is 13.5 Å². The smallest absolute Gasteiger partial charge is 0.515 e. The zero-order valence-electron chi connectivity index (χ0n) is 12.3. The molecule has 0 saturated heterocycles. The molecule has 0 spiro atoms. The molecule has 0 aromatic carbocycles. The van der Waals surface area contributed by atoms with Gasteiger partial charge in [0.25, 0.3) is 0 Å². The van der Waals surface area contributed by atoms with E-state index in [1.165, 1.54) is 0 Å². The molecular weight excluding hydrogens is 266 g/mol. The van der Waals surface area contributed by atoms with Crippen molar-refractivity contribution in [2.45, 2.75) is 59.2 Å². The Bertz CT molecular complexity index is 183. The Hall–Kier alpha value is 0.540. The largest absolute Gasteiger partial charge is 2.00 e. The normalized spacial score (nSPS) is 11.0. The Labute approximate surface area is 117 Å². The van der Waals surface area contributed by atoms with Crippen molar-refractivity contribution in [3.63, 3.8) is 0 Å². The maximum Gasteiger partial charge on any atom is 2.00 e. The van der Waals surface area contributed by atoms with Crippen LogP contribution >= 0.6 is 0 Å². The fraction of sp³-hybridized carbons (Fsp3) is 0.769. The van der Waals surface area contributed by atoms with Gasteiger partial charge in [-0.05, 0) is 24.6 Å². The first-order chi connectivity index (χ1) is 6.67. The summed E-state index contributed by atoms with van der Waals surface area (Å²) in [5, 5.41) is 0.301. The third kappa shape index (κ3) is 9.74. The molecule has 1 nitrogen and oxygen atoms in total. The third-order valence-corrected chi connectivity index (χ3v) is 7.30. The topological polar surface area (TPSA) is 9.23 Å². The summed E-state index contributed by atoms with van der Waals surface area (Å²) in [6, 6.07) is 0. The van der Waals surface area contributed by atoms with Crippen molar-refractivity contribution in [3.05, 3.63) is 19.1 Å². The summed E-state index contributed by atoms with van der Waals surface area (Å²) < 4.78 is 5.94. The number of hydrogen-bond acceptors (Lipinski definition) is 1. The second-order valence-electron chi connectivity index (χ2n) is 5.21. The van der Waals surface area contributed by atoms with E-state index in [9.17, 15) is 0 Å².